The number of benzene rings is 1. The highest BCUT2D eigenvalue weighted by molar-refractivity contribution is 5.41. The minimum absolute atomic E-state index is 0.138. The van der Waals surface area contributed by atoms with Crippen molar-refractivity contribution in [2.24, 2.45) is 0 Å². The normalized spacial score (nSPS) is 11.8. The number of rotatable bonds is 3. The summed E-state index contributed by atoms with van der Waals surface area (Å²) in [7, 11) is 1.96. The van der Waals surface area contributed by atoms with Crippen molar-refractivity contribution >= 4 is 5.95 Å². The monoisotopic (exact) mass is 280 g/mol. The lowest BCUT2D eigenvalue weighted by molar-refractivity contribution is 0.707. The lowest BCUT2D eigenvalue weighted by atomic mass is 10.00. The molecule has 0 amide bonds. The molecule has 2 aromatic rings. The van der Waals surface area contributed by atoms with Gasteiger partial charge in [0.1, 0.15) is 11.8 Å². The van der Waals surface area contributed by atoms with Gasteiger partial charge in [0.25, 0.3) is 0 Å². The lowest BCUT2D eigenvalue weighted by Gasteiger charge is -2.27. The first-order valence-electron chi connectivity index (χ1n) is 6.98. The van der Waals surface area contributed by atoms with Crippen LogP contribution < -0.4 is 4.90 Å². The molecule has 1 atom stereocenters. The molecule has 0 saturated carbocycles. The molecule has 0 radical (unpaired) electrons. The van der Waals surface area contributed by atoms with Crippen LogP contribution in [0, 0.1) is 32.1 Å². The minimum Gasteiger partial charge on any atom is -0.337 e. The van der Waals surface area contributed by atoms with Gasteiger partial charge < -0.3 is 4.90 Å². The van der Waals surface area contributed by atoms with E-state index in [1.165, 1.54) is 16.7 Å². The molecular formula is C17H20N4. The summed E-state index contributed by atoms with van der Waals surface area (Å²) >= 11 is 0. The van der Waals surface area contributed by atoms with Gasteiger partial charge in [0.05, 0.1) is 6.04 Å². The molecule has 0 aliphatic carbocycles. The fraction of sp³-hybridized carbons (Fsp3) is 0.353. The molecule has 108 valence electrons. The Morgan fingerprint density at radius 3 is 2.48 bits per heavy atom. The Balaban J connectivity index is 2.37. The van der Waals surface area contributed by atoms with Gasteiger partial charge in [-0.3, -0.25) is 0 Å². The average molecular weight is 280 g/mol. The molecule has 4 nitrogen and oxygen atoms in total. The van der Waals surface area contributed by atoms with E-state index in [0.717, 1.165) is 5.69 Å². The largest absolute Gasteiger partial charge is 0.337 e. The lowest BCUT2D eigenvalue weighted by Crippen LogP contribution is -2.25. The Labute approximate surface area is 126 Å². The van der Waals surface area contributed by atoms with E-state index in [9.17, 15) is 0 Å². The minimum atomic E-state index is 0.138. The SMILES string of the molecule is Cc1ccc([C@H](C)N(C)c2nc(C)cc(C#N)n2)c(C)c1. The Bertz CT molecular complexity index is 700. The number of aryl methyl sites for hydroxylation is 3. The third-order valence-electron chi connectivity index (χ3n) is 3.73. The van der Waals surface area contributed by atoms with Gasteiger partial charge in [-0.05, 0) is 44.9 Å². The van der Waals surface area contributed by atoms with E-state index in [-0.39, 0.29) is 6.04 Å². The first kappa shape index (κ1) is 15.0. The standard InChI is InChI=1S/C17H20N4/c1-11-6-7-16(12(2)8-11)14(4)21(5)17-19-13(3)9-15(10-18)20-17/h6-9,14H,1-5H3/t14-/m0/s1. The van der Waals surface area contributed by atoms with Gasteiger partial charge >= 0.3 is 0 Å². The number of hydrogen-bond donors (Lipinski definition) is 0. The van der Waals surface area contributed by atoms with E-state index >= 15 is 0 Å². The summed E-state index contributed by atoms with van der Waals surface area (Å²) in [6.45, 7) is 8.20. The number of hydrogen-bond acceptors (Lipinski definition) is 4. The molecule has 0 aliphatic rings. The first-order chi connectivity index (χ1) is 9.92. The molecule has 0 spiro atoms. The van der Waals surface area contributed by atoms with Crippen LogP contribution >= 0.6 is 0 Å². The molecule has 1 aromatic heterocycles. The maximum Gasteiger partial charge on any atom is 0.227 e. The van der Waals surface area contributed by atoms with Gasteiger partial charge in [0.2, 0.25) is 5.95 Å². The molecule has 2 rings (SSSR count). The van der Waals surface area contributed by atoms with Crippen molar-refractivity contribution < 1.29 is 0 Å². The van der Waals surface area contributed by atoms with Crippen LogP contribution in [0.25, 0.3) is 0 Å². The summed E-state index contributed by atoms with van der Waals surface area (Å²) in [4.78, 5) is 10.7. The summed E-state index contributed by atoms with van der Waals surface area (Å²) in [6, 6.07) is 10.4. The van der Waals surface area contributed by atoms with E-state index < -0.39 is 0 Å². The van der Waals surface area contributed by atoms with Crippen LogP contribution in [0.1, 0.15) is 41.0 Å². The maximum absolute atomic E-state index is 9.04. The van der Waals surface area contributed by atoms with E-state index in [0.29, 0.717) is 11.6 Å². The van der Waals surface area contributed by atoms with Crippen molar-refractivity contribution in [3.8, 4) is 6.07 Å². The molecule has 0 unspecified atom stereocenters. The fourth-order valence-electron chi connectivity index (χ4n) is 2.44. The molecule has 0 fully saturated rings. The molecule has 0 aliphatic heterocycles. The zero-order valence-electron chi connectivity index (χ0n) is 13.2. The smallest absolute Gasteiger partial charge is 0.227 e. The molecular weight excluding hydrogens is 260 g/mol. The van der Waals surface area contributed by atoms with Crippen LogP contribution in [0.15, 0.2) is 24.3 Å². The predicted molar refractivity (Wildman–Crippen MR) is 84.2 cm³/mol. The van der Waals surface area contributed by atoms with E-state index in [4.69, 9.17) is 5.26 Å². The average Bonchev–Trinajstić information content (AvgIpc) is 2.45. The molecule has 0 saturated heterocycles. The molecule has 21 heavy (non-hydrogen) atoms. The molecule has 0 N–H and O–H groups in total. The summed E-state index contributed by atoms with van der Waals surface area (Å²) in [5, 5.41) is 9.04. The van der Waals surface area contributed by atoms with Crippen molar-refractivity contribution in [1.82, 2.24) is 9.97 Å². The van der Waals surface area contributed by atoms with Crippen molar-refractivity contribution in [3.63, 3.8) is 0 Å². The van der Waals surface area contributed by atoms with Gasteiger partial charge in [-0.15, -0.1) is 0 Å². The summed E-state index contributed by atoms with van der Waals surface area (Å²) < 4.78 is 0. The Hall–Kier alpha value is -2.41. The summed E-state index contributed by atoms with van der Waals surface area (Å²) in [5.41, 5.74) is 4.95. The van der Waals surface area contributed by atoms with Crippen molar-refractivity contribution in [1.29, 1.82) is 5.26 Å². The van der Waals surface area contributed by atoms with Gasteiger partial charge in [0, 0.05) is 12.7 Å². The zero-order valence-corrected chi connectivity index (χ0v) is 13.2. The molecule has 0 bridgehead atoms. The van der Waals surface area contributed by atoms with E-state index in [2.05, 4.69) is 55.0 Å². The zero-order chi connectivity index (χ0) is 15.6. The third kappa shape index (κ3) is 3.19. The van der Waals surface area contributed by atoms with Crippen molar-refractivity contribution in [2.75, 3.05) is 11.9 Å². The summed E-state index contributed by atoms with van der Waals surface area (Å²) in [5.74, 6) is 0.582. The second kappa shape index (κ2) is 5.92. The second-order valence-corrected chi connectivity index (χ2v) is 5.45. The van der Waals surface area contributed by atoms with Gasteiger partial charge in [-0.1, -0.05) is 23.8 Å². The van der Waals surface area contributed by atoms with Crippen LogP contribution in [-0.4, -0.2) is 17.0 Å². The van der Waals surface area contributed by atoms with Gasteiger partial charge in [-0.2, -0.15) is 5.26 Å². The number of nitrogens with zero attached hydrogens (tertiary/aromatic N) is 4. The highest BCUT2D eigenvalue weighted by atomic mass is 15.2. The summed E-state index contributed by atoms with van der Waals surface area (Å²) in [6.07, 6.45) is 0. The predicted octanol–water partition coefficient (Wildman–Crippen LogP) is 3.47. The van der Waals surface area contributed by atoms with Crippen molar-refractivity contribution in [2.45, 2.75) is 33.7 Å². The quantitative estimate of drug-likeness (QED) is 0.864. The number of nitriles is 1. The van der Waals surface area contributed by atoms with Crippen LogP contribution in [0.5, 0.6) is 0 Å². The molecule has 1 aromatic carbocycles. The highest BCUT2D eigenvalue weighted by Gasteiger charge is 2.17. The Morgan fingerprint density at radius 2 is 1.86 bits per heavy atom. The van der Waals surface area contributed by atoms with Crippen molar-refractivity contribution in [3.05, 3.63) is 52.3 Å². The van der Waals surface area contributed by atoms with E-state index in [1.54, 1.807) is 6.07 Å². The molecule has 1 heterocycles. The first-order valence-corrected chi connectivity index (χ1v) is 6.98. The maximum atomic E-state index is 9.04. The van der Waals surface area contributed by atoms with Crippen LogP contribution in [-0.2, 0) is 0 Å². The fourth-order valence-corrected chi connectivity index (χ4v) is 2.44. The third-order valence-corrected chi connectivity index (χ3v) is 3.73. The number of aromatic nitrogens is 2. The highest BCUT2D eigenvalue weighted by Crippen LogP contribution is 2.26. The topological polar surface area (TPSA) is 52.8 Å². The Kier molecular flexibility index (Phi) is 4.23. The van der Waals surface area contributed by atoms with Gasteiger partial charge in [-0.25, -0.2) is 9.97 Å². The van der Waals surface area contributed by atoms with Crippen LogP contribution in [0.4, 0.5) is 5.95 Å². The Morgan fingerprint density at radius 1 is 1.14 bits per heavy atom. The molecule has 4 heteroatoms. The number of anilines is 1. The van der Waals surface area contributed by atoms with E-state index in [1.807, 2.05) is 18.9 Å². The van der Waals surface area contributed by atoms with Crippen LogP contribution in [0.3, 0.4) is 0 Å². The van der Waals surface area contributed by atoms with Crippen LogP contribution in [0.2, 0.25) is 0 Å². The second-order valence-electron chi connectivity index (χ2n) is 5.45. The van der Waals surface area contributed by atoms with Gasteiger partial charge in [0.15, 0.2) is 0 Å².